The molecule has 0 saturated carbocycles. The Morgan fingerprint density at radius 3 is 2.46 bits per heavy atom. The molecule has 1 aromatic carbocycles. The van der Waals surface area contributed by atoms with Crippen molar-refractivity contribution >= 4 is 10.9 Å². The number of thiol groups is 1. The molecule has 4 nitrogen and oxygen atoms in total. The molecule has 0 aliphatic carbocycles. The highest BCUT2D eigenvalue weighted by Gasteiger charge is 2.20. The van der Waals surface area contributed by atoms with Gasteiger partial charge in [0.25, 0.3) is 0 Å². The summed E-state index contributed by atoms with van der Waals surface area (Å²) in [6, 6.07) is 9.61. The molecule has 1 radical (unpaired) electrons. The minimum Gasteiger partial charge on any atom is -0.309 e. The van der Waals surface area contributed by atoms with Gasteiger partial charge < -0.3 is 5.73 Å². The Morgan fingerprint density at radius 1 is 1.46 bits per heavy atom. The summed E-state index contributed by atoms with van der Waals surface area (Å²) in [7, 11) is -2.70. The standard InChI is InChI=1S/C8H11N2O2S/c1-8(9,10-13(11)12)7-5-3-2-4-6-7/h3-6,13H,9H2,1H3,(H,10,11,12). The van der Waals surface area contributed by atoms with Crippen molar-refractivity contribution in [3.63, 3.8) is 0 Å². The highest BCUT2D eigenvalue weighted by Crippen LogP contribution is 2.12. The largest absolute Gasteiger partial charge is 0.309 e. The van der Waals surface area contributed by atoms with Crippen LogP contribution in [0.1, 0.15) is 12.5 Å². The van der Waals surface area contributed by atoms with Crippen LogP contribution in [0.5, 0.6) is 0 Å². The van der Waals surface area contributed by atoms with Crippen molar-refractivity contribution in [3.05, 3.63) is 35.9 Å². The summed E-state index contributed by atoms with van der Waals surface area (Å²) in [5, 5.41) is 0. The van der Waals surface area contributed by atoms with Crippen molar-refractivity contribution in [2.24, 2.45) is 5.73 Å². The second kappa shape index (κ2) is 3.87. The molecule has 71 valence electrons. The average molecular weight is 199 g/mol. The Balaban J connectivity index is 2.93. The second-order valence-electron chi connectivity index (χ2n) is 2.86. The van der Waals surface area contributed by atoms with Gasteiger partial charge >= 0.3 is 0 Å². The normalized spacial score (nSPS) is 15.6. The van der Waals surface area contributed by atoms with Crippen molar-refractivity contribution in [3.8, 4) is 0 Å². The van der Waals surface area contributed by atoms with E-state index >= 15 is 0 Å². The summed E-state index contributed by atoms with van der Waals surface area (Å²) >= 11 is 0. The summed E-state index contributed by atoms with van der Waals surface area (Å²) in [5.41, 5.74) is 5.38. The molecule has 1 atom stereocenters. The van der Waals surface area contributed by atoms with Gasteiger partial charge in [0, 0.05) is 0 Å². The van der Waals surface area contributed by atoms with Gasteiger partial charge in [0.2, 0.25) is 10.9 Å². The number of hydrogen-bond donors (Lipinski definition) is 3. The van der Waals surface area contributed by atoms with E-state index in [9.17, 15) is 8.42 Å². The first-order valence-electron chi connectivity index (χ1n) is 3.70. The van der Waals surface area contributed by atoms with Crippen LogP contribution in [-0.2, 0) is 16.6 Å². The minimum absolute atomic E-state index is 0.699. The molecule has 0 bridgehead atoms. The molecule has 0 aliphatic heterocycles. The van der Waals surface area contributed by atoms with Crippen LogP contribution in [0.25, 0.3) is 0 Å². The summed E-state index contributed by atoms with van der Waals surface area (Å²) in [4.78, 5) is 0. The number of nitrogens with one attached hydrogen (secondary N) is 1. The van der Waals surface area contributed by atoms with E-state index in [1.165, 1.54) is 0 Å². The van der Waals surface area contributed by atoms with Crippen LogP contribution in [0.2, 0.25) is 0 Å². The fourth-order valence-electron chi connectivity index (χ4n) is 0.987. The summed E-state index contributed by atoms with van der Waals surface area (Å²) < 4.78 is 23.1. The quantitative estimate of drug-likeness (QED) is 0.463. The van der Waals surface area contributed by atoms with Crippen molar-refractivity contribution in [2.45, 2.75) is 12.6 Å². The van der Waals surface area contributed by atoms with Gasteiger partial charge in [-0.2, -0.15) is 4.72 Å². The zero-order chi connectivity index (χ0) is 9.90. The molecule has 1 aromatic rings. The smallest absolute Gasteiger partial charge is 0.203 e. The van der Waals surface area contributed by atoms with Gasteiger partial charge in [-0.05, 0) is 18.6 Å². The Labute approximate surface area is 78.8 Å². The predicted molar refractivity (Wildman–Crippen MR) is 50.3 cm³/mol. The second-order valence-corrected chi connectivity index (χ2v) is 3.60. The topological polar surface area (TPSA) is 72.2 Å². The van der Waals surface area contributed by atoms with Crippen molar-refractivity contribution in [2.75, 3.05) is 0 Å². The average Bonchev–Trinajstić information content (AvgIpc) is 2.04. The van der Waals surface area contributed by atoms with Crippen LogP contribution >= 0.6 is 0 Å². The number of benzene rings is 1. The molecule has 0 spiro atoms. The van der Waals surface area contributed by atoms with Crippen LogP contribution in [-0.4, -0.2) is 8.42 Å². The number of hydrogen-bond acceptors (Lipinski definition) is 3. The van der Waals surface area contributed by atoms with E-state index in [1.54, 1.807) is 31.2 Å². The Morgan fingerprint density at radius 2 is 2.00 bits per heavy atom. The molecular weight excluding hydrogens is 188 g/mol. The summed E-state index contributed by atoms with van der Waals surface area (Å²) in [6.45, 7) is 1.59. The molecule has 0 amide bonds. The molecule has 1 rings (SSSR count). The molecule has 0 aromatic heterocycles. The van der Waals surface area contributed by atoms with Gasteiger partial charge in [0.15, 0.2) is 0 Å². The van der Waals surface area contributed by atoms with Gasteiger partial charge in [-0.3, -0.25) is 0 Å². The van der Waals surface area contributed by atoms with Crippen LogP contribution in [0, 0.1) is 6.07 Å². The fraction of sp³-hybridized carbons (Fsp3) is 0.250. The van der Waals surface area contributed by atoms with E-state index in [-0.39, 0.29) is 0 Å². The molecule has 0 saturated heterocycles. The molecular formula is C8H11N2O2S. The molecule has 0 fully saturated rings. The zero-order valence-corrected chi connectivity index (χ0v) is 8.04. The van der Waals surface area contributed by atoms with Crippen LogP contribution in [0.3, 0.4) is 0 Å². The van der Waals surface area contributed by atoms with E-state index in [4.69, 9.17) is 5.73 Å². The van der Waals surface area contributed by atoms with E-state index in [2.05, 4.69) is 10.8 Å². The maximum atomic E-state index is 10.4. The molecule has 0 heterocycles. The molecule has 13 heavy (non-hydrogen) atoms. The lowest BCUT2D eigenvalue weighted by atomic mass is 10.0. The van der Waals surface area contributed by atoms with E-state index < -0.39 is 16.6 Å². The van der Waals surface area contributed by atoms with Crippen molar-refractivity contribution in [1.82, 2.24) is 4.72 Å². The van der Waals surface area contributed by atoms with Crippen molar-refractivity contribution < 1.29 is 8.42 Å². The number of nitrogens with two attached hydrogens (primary N) is 1. The van der Waals surface area contributed by atoms with Gasteiger partial charge in [0.1, 0.15) is 5.66 Å². The van der Waals surface area contributed by atoms with E-state index in [0.717, 1.165) is 0 Å². The first-order valence-corrected chi connectivity index (χ1v) is 4.88. The van der Waals surface area contributed by atoms with Gasteiger partial charge in [-0.25, -0.2) is 8.42 Å². The third kappa shape index (κ3) is 2.80. The maximum Gasteiger partial charge on any atom is 0.203 e. The van der Waals surface area contributed by atoms with Gasteiger partial charge in [0.05, 0.1) is 0 Å². The summed E-state index contributed by atoms with van der Waals surface area (Å²) in [6.07, 6.45) is 0. The SMILES string of the molecule is CC(N)(N[SH](=O)=O)c1cc[c]cc1. The monoisotopic (exact) mass is 199 g/mol. The Kier molecular flexibility index (Phi) is 3.02. The predicted octanol–water partition coefficient (Wildman–Crippen LogP) is -0.266. The molecule has 0 aliphatic rings. The van der Waals surface area contributed by atoms with Gasteiger partial charge in [-0.1, -0.05) is 24.3 Å². The van der Waals surface area contributed by atoms with Gasteiger partial charge in [-0.15, -0.1) is 0 Å². The van der Waals surface area contributed by atoms with Crippen LogP contribution < -0.4 is 10.5 Å². The lowest BCUT2D eigenvalue weighted by Gasteiger charge is -2.22. The summed E-state index contributed by atoms with van der Waals surface area (Å²) in [5.74, 6) is 0. The third-order valence-electron chi connectivity index (χ3n) is 1.64. The maximum absolute atomic E-state index is 10.4. The van der Waals surface area contributed by atoms with Crippen LogP contribution in [0.15, 0.2) is 24.3 Å². The third-order valence-corrected chi connectivity index (χ3v) is 2.29. The first-order chi connectivity index (χ1) is 6.02. The highest BCUT2D eigenvalue weighted by atomic mass is 32.2. The molecule has 5 heteroatoms. The lowest BCUT2D eigenvalue weighted by Crippen LogP contribution is -2.46. The highest BCUT2D eigenvalue weighted by molar-refractivity contribution is 7.70. The minimum atomic E-state index is -2.70. The molecule has 3 N–H and O–H groups in total. The molecule has 1 unspecified atom stereocenters. The Hall–Kier alpha value is -0.910. The lowest BCUT2D eigenvalue weighted by molar-refractivity contribution is 0.457. The zero-order valence-electron chi connectivity index (χ0n) is 7.15. The van der Waals surface area contributed by atoms with E-state index in [0.29, 0.717) is 5.56 Å². The van der Waals surface area contributed by atoms with Crippen molar-refractivity contribution in [1.29, 1.82) is 0 Å². The first kappa shape index (κ1) is 10.2. The van der Waals surface area contributed by atoms with E-state index in [1.807, 2.05) is 0 Å². The Bertz CT molecular complexity index is 338. The number of rotatable bonds is 3. The fourth-order valence-corrected chi connectivity index (χ4v) is 1.50. The van der Waals surface area contributed by atoms with Crippen LogP contribution in [0.4, 0.5) is 0 Å².